The van der Waals surface area contributed by atoms with Crippen molar-refractivity contribution in [2.45, 2.75) is 45.6 Å². The first-order valence-electron chi connectivity index (χ1n) is 6.95. The number of hydrogen-bond donors (Lipinski definition) is 1. The zero-order valence-electron chi connectivity index (χ0n) is 12.7. The maximum Gasteiger partial charge on any atom is 0.220 e. The zero-order chi connectivity index (χ0) is 15.2. The zero-order valence-corrected chi connectivity index (χ0v) is 13.5. The normalized spacial score (nSPS) is 11.7. The third-order valence-corrected chi connectivity index (χ3v) is 3.36. The molecule has 0 saturated heterocycles. The van der Waals surface area contributed by atoms with Gasteiger partial charge in [0.1, 0.15) is 0 Å². The molecule has 0 radical (unpaired) electrons. The molecule has 0 fully saturated rings. The topological polar surface area (TPSA) is 38.3 Å². The molecule has 1 aromatic rings. The van der Waals surface area contributed by atoms with Gasteiger partial charge in [-0.3, -0.25) is 4.79 Å². The van der Waals surface area contributed by atoms with Crippen LogP contribution in [-0.4, -0.2) is 25.2 Å². The average Bonchev–Trinajstić information content (AvgIpc) is 2.34. The molecular formula is C16H24ClNO2. The van der Waals surface area contributed by atoms with Crippen LogP contribution >= 0.6 is 11.6 Å². The van der Waals surface area contributed by atoms with Gasteiger partial charge in [-0.1, -0.05) is 37.6 Å². The molecule has 0 unspecified atom stereocenters. The Labute approximate surface area is 126 Å². The average molecular weight is 298 g/mol. The minimum Gasteiger partial charge on any atom is -0.377 e. The smallest absolute Gasteiger partial charge is 0.220 e. The molecule has 0 bridgehead atoms. The van der Waals surface area contributed by atoms with Crippen molar-refractivity contribution in [2.24, 2.45) is 0 Å². The van der Waals surface area contributed by atoms with Gasteiger partial charge in [-0.25, -0.2) is 0 Å². The van der Waals surface area contributed by atoms with E-state index < -0.39 is 0 Å². The van der Waals surface area contributed by atoms with Crippen LogP contribution in [-0.2, 0) is 14.9 Å². The summed E-state index contributed by atoms with van der Waals surface area (Å²) < 4.78 is 5.39. The molecule has 0 spiro atoms. The van der Waals surface area contributed by atoms with Gasteiger partial charge < -0.3 is 10.1 Å². The molecule has 0 aliphatic heterocycles. The number of halogens is 1. The first-order chi connectivity index (χ1) is 9.31. The van der Waals surface area contributed by atoms with Gasteiger partial charge in [0.05, 0.1) is 12.7 Å². The molecule has 0 aromatic heterocycles. The van der Waals surface area contributed by atoms with E-state index in [0.717, 1.165) is 5.56 Å². The predicted molar refractivity (Wildman–Crippen MR) is 83.2 cm³/mol. The Morgan fingerprint density at radius 2 is 1.90 bits per heavy atom. The van der Waals surface area contributed by atoms with Crippen LogP contribution in [0.3, 0.4) is 0 Å². The fraction of sp³-hybridized carbons (Fsp3) is 0.562. The van der Waals surface area contributed by atoms with E-state index in [0.29, 0.717) is 24.6 Å². The summed E-state index contributed by atoms with van der Waals surface area (Å²) in [5.41, 5.74) is 0.892. The Morgan fingerprint density at radius 1 is 1.30 bits per heavy atom. The summed E-state index contributed by atoms with van der Waals surface area (Å²) in [7, 11) is 0. The fourth-order valence-electron chi connectivity index (χ4n) is 1.95. The lowest BCUT2D eigenvalue weighted by Crippen LogP contribution is -2.33. The molecule has 0 aliphatic carbocycles. The summed E-state index contributed by atoms with van der Waals surface area (Å²) in [6.07, 6.45) is 0.633. The summed E-state index contributed by atoms with van der Waals surface area (Å²) in [5.74, 6) is 0.0392. The summed E-state index contributed by atoms with van der Waals surface area (Å²) in [5, 5.41) is 3.59. The van der Waals surface area contributed by atoms with Crippen LogP contribution < -0.4 is 5.32 Å². The van der Waals surface area contributed by atoms with Gasteiger partial charge in [-0.15, -0.1) is 0 Å². The van der Waals surface area contributed by atoms with Crippen LogP contribution in [0.4, 0.5) is 0 Å². The molecular weight excluding hydrogens is 274 g/mol. The van der Waals surface area contributed by atoms with Gasteiger partial charge in [0, 0.05) is 18.0 Å². The molecule has 20 heavy (non-hydrogen) atoms. The second-order valence-corrected chi connectivity index (χ2v) is 6.27. The first-order valence-corrected chi connectivity index (χ1v) is 7.33. The van der Waals surface area contributed by atoms with Gasteiger partial charge in [-0.2, -0.15) is 0 Å². The van der Waals surface area contributed by atoms with Crippen molar-refractivity contribution in [1.82, 2.24) is 5.32 Å². The quantitative estimate of drug-likeness (QED) is 0.782. The predicted octanol–water partition coefficient (Wildman–Crippen LogP) is 3.55. The molecule has 112 valence electrons. The van der Waals surface area contributed by atoms with E-state index in [1.54, 1.807) is 0 Å². The second kappa shape index (κ2) is 7.65. The number of hydrogen-bond acceptors (Lipinski definition) is 2. The number of amides is 1. The lowest BCUT2D eigenvalue weighted by Gasteiger charge is -2.24. The number of benzene rings is 1. The Hall–Kier alpha value is -1.06. The molecule has 1 N–H and O–H groups in total. The van der Waals surface area contributed by atoms with Crippen molar-refractivity contribution >= 4 is 17.5 Å². The van der Waals surface area contributed by atoms with E-state index in [9.17, 15) is 4.79 Å². The van der Waals surface area contributed by atoms with Crippen molar-refractivity contribution in [2.75, 3.05) is 13.2 Å². The highest BCUT2D eigenvalue weighted by Crippen LogP contribution is 2.27. The van der Waals surface area contributed by atoms with E-state index in [1.165, 1.54) is 0 Å². The summed E-state index contributed by atoms with van der Waals surface area (Å²) in [4.78, 5) is 12.0. The van der Waals surface area contributed by atoms with Crippen LogP contribution in [0.2, 0.25) is 5.02 Å². The molecule has 0 aliphatic rings. The molecule has 1 aromatic carbocycles. The number of carbonyl (C=O) groups excluding carboxylic acids is 1. The van der Waals surface area contributed by atoms with Gasteiger partial charge in [0.25, 0.3) is 0 Å². The van der Waals surface area contributed by atoms with Crippen LogP contribution in [0.5, 0.6) is 0 Å². The highest BCUT2D eigenvalue weighted by Gasteiger charge is 2.24. The van der Waals surface area contributed by atoms with Gasteiger partial charge in [-0.05, 0) is 37.0 Å². The Morgan fingerprint density at radius 3 is 2.45 bits per heavy atom. The lowest BCUT2D eigenvalue weighted by atomic mass is 9.81. The van der Waals surface area contributed by atoms with Crippen LogP contribution in [0, 0.1) is 0 Å². The van der Waals surface area contributed by atoms with E-state index in [4.69, 9.17) is 16.3 Å². The summed E-state index contributed by atoms with van der Waals surface area (Å²) in [6.45, 7) is 9.16. The largest absolute Gasteiger partial charge is 0.377 e. The molecule has 0 atom stereocenters. The molecule has 0 saturated carbocycles. The highest BCUT2D eigenvalue weighted by molar-refractivity contribution is 6.30. The monoisotopic (exact) mass is 297 g/mol. The fourth-order valence-corrected chi connectivity index (χ4v) is 2.08. The molecule has 1 amide bonds. The standard InChI is InChI=1S/C16H24ClNO2/c1-12(2)20-10-9-18-15(19)11-16(3,4)13-5-7-14(17)8-6-13/h5-8,12H,9-11H2,1-4H3,(H,18,19). The van der Waals surface area contributed by atoms with Crippen molar-refractivity contribution in [1.29, 1.82) is 0 Å². The van der Waals surface area contributed by atoms with Crippen molar-refractivity contribution < 1.29 is 9.53 Å². The van der Waals surface area contributed by atoms with E-state index in [1.807, 2.05) is 38.1 Å². The van der Waals surface area contributed by atoms with Crippen LogP contribution in [0.15, 0.2) is 24.3 Å². The highest BCUT2D eigenvalue weighted by atomic mass is 35.5. The lowest BCUT2D eigenvalue weighted by molar-refractivity contribution is -0.122. The van der Waals surface area contributed by atoms with Crippen molar-refractivity contribution in [3.8, 4) is 0 Å². The minimum absolute atomic E-state index is 0.0392. The third kappa shape index (κ3) is 5.93. The minimum atomic E-state index is -0.215. The Balaban J connectivity index is 2.45. The van der Waals surface area contributed by atoms with Crippen molar-refractivity contribution in [3.63, 3.8) is 0 Å². The molecule has 0 heterocycles. The van der Waals surface area contributed by atoms with Gasteiger partial charge >= 0.3 is 0 Å². The van der Waals surface area contributed by atoms with Gasteiger partial charge in [0.15, 0.2) is 0 Å². The Kier molecular flexibility index (Phi) is 6.50. The van der Waals surface area contributed by atoms with Crippen LogP contribution in [0.1, 0.15) is 39.7 Å². The van der Waals surface area contributed by atoms with E-state index in [2.05, 4.69) is 19.2 Å². The molecule has 4 heteroatoms. The number of ether oxygens (including phenoxy) is 1. The SMILES string of the molecule is CC(C)OCCNC(=O)CC(C)(C)c1ccc(Cl)cc1. The van der Waals surface area contributed by atoms with Crippen molar-refractivity contribution in [3.05, 3.63) is 34.9 Å². The van der Waals surface area contributed by atoms with E-state index in [-0.39, 0.29) is 17.4 Å². The van der Waals surface area contributed by atoms with Crippen LogP contribution in [0.25, 0.3) is 0 Å². The molecule has 3 nitrogen and oxygen atoms in total. The summed E-state index contributed by atoms with van der Waals surface area (Å²) >= 11 is 5.88. The van der Waals surface area contributed by atoms with E-state index >= 15 is 0 Å². The maximum atomic E-state index is 12.0. The maximum absolute atomic E-state index is 12.0. The number of rotatable bonds is 7. The number of carbonyl (C=O) groups is 1. The molecule has 1 rings (SSSR count). The Bertz CT molecular complexity index is 427. The second-order valence-electron chi connectivity index (χ2n) is 5.84. The summed E-state index contributed by atoms with van der Waals surface area (Å²) in [6, 6.07) is 7.65. The first kappa shape index (κ1) is 17.0. The third-order valence-electron chi connectivity index (χ3n) is 3.10. The van der Waals surface area contributed by atoms with Gasteiger partial charge in [0.2, 0.25) is 5.91 Å². The number of nitrogens with one attached hydrogen (secondary N) is 1.